The molecule has 0 N–H and O–H groups in total. The highest BCUT2D eigenvalue weighted by Gasteiger charge is 2.42. The van der Waals surface area contributed by atoms with E-state index in [0.29, 0.717) is 0 Å². The maximum absolute atomic E-state index is 2.54. The average molecular weight is 774 g/mol. The fourth-order valence-electron chi connectivity index (χ4n) is 11.8. The number of fused-ring (bicyclic) bond motifs is 9. The summed E-state index contributed by atoms with van der Waals surface area (Å²) in [5, 5.41) is 0. The summed E-state index contributed by atoms with van der Waals surface area (Å²) < 4.78 is 0. The van der Waals surface area contributed by atoms with E-state index in [4.69, 9.17) is 0 Å². The molecule has 0 atom stereocenters. The summed E-state index contributed by atoms with van der Waals surface area (Å²) in [5.41, 5.74) is 24.8. The SMILES string of the molecule is CCC1(CC)c2ccccc2-c2cc(N(c3cccc(-c4cccc5c4C(C)(C)c4ccccc4-5)c3)c3ccccc3-c3cccc4c3-c3ccccc3C4(C)C)ccc21. The van der Waals surface area contributed by atoms with Crippen molar-refractivity contribution in [2.24, 2.45) is 0 Å². The lowest BCUT2D eigenvalue weighted by Crippen LogP contribution is -2.23. The van der Waals surface area contributed by atoms with Crippen LogP contribution in [0.15, 0.2) is 176 Å². The fraction of sp³-hybridized carbons (Fsp3) is 0.186. The van der Waals surface area contributed by atoms with Gasteiger partial charge in [-0.05, 0) is 127 Å². The molecule has 0 aliphatic heterocycles. The van der Waals surface area contributed by atoms with Crippen molar-refractivity contribution in [2.75, 3.05) is 4.90 Å². The topological polar surface area (TPSA) is 3.24 Å². The molecule has 1 heteroatoms. The Morgan fingerprint density at radius 2 is 0.883 bits per heavy atom. The van der Waals surface area contributed by atoms with Crippen molar-refractivity contribution in [3.63, 3.8) is 0 Å². The molecule has 0 heterocycles. The predicted molar refractivity (Wildman–Crippen MR) is 254 cm³/mol. The number of rotatable bonds is 7. The summed E-state index contributed by atoms with van der Waals surface area (Å²) in [5.74, 6) is 0. The maximum Gasteiger partial charge on any atom is 0.0540 e. The molecule has 0 bridgehead atoms. The van der Waals surface area contributed by atoms with E-state index in [0.717, 1.165) is 24.2 Å². The smallest absolute Gasteiger partial charge is 0.0540 e. The zero-order valence-corrected chi connectivity index (χ0v) is 35.6. The van der Waals surface area contributed by atoms with E-state index in [9.17, 15) is 0 Å². The molecule has 1 nitrogen and oxygen atoms in total. The first-order valence-corrected chi connectivity index (χ1v) is 21.9. The first-order valence-electron chi connectivity index (χ1n) is 21.9. The number of hydrogen-bond acceptors (Lipinski definition) is 1. The van der Waals surface area contributed by atoms with Gasteiger partial charge >= 0.3 is 0 Å². The first kappa shape index (κ1) is 36.6. The fourth-order valence-corrected chi connectivity index (χ4v) is 11.8. The van der Waals surface area contributed by atoms with Crippen molar-refractivity contribution >= 4 is 17.1 Å². The van der Waals surface area contributed by atoms with Gasteiger partial charge in [-0.1, -0.05) is 187 Å². The lowest BCUT2D eigenvalue weighted by Gasteiger charge is -2.31. The van der Waals surface area contributed by atoms with E-state index in [1.807, 2.05) is 0 Å². The molecule has 0 saturated carbocycles. The van der Waals surface area contributed by atoms with Crippen molar-refractivity contribution < 1.29 is 0 Å². The summed E-state index contributed by atoms with van der Waals surface area (Å²) in [6.07, 6.45) is 2.14. The third-order valence-corrected chi connectivity index (χ3v) is 14.8. The van der Waals surface area contributed by atoms with E-state index in [1.54, 1.807) is 0 Å². The summed E-state index contributed by atoms with van der Waals surface area (Å²) in [6.45, 7) is 14.2. The molecular formula is C59H51N. The van der Waals surface area contributed by atoms with Gasteiger partial charge in [0.05, 0.1) is 5.69 Å². The number of hydrogen-bond donors (Lipinski definition) is 0. The summed E-state index contributed by atoms with van der Waals surface area (Å²) in [6, 6.07) is 66.7. The van der Waals surface area contributed by atoms with Gasteiger partial charge in [-0.3, -0.25) is 0 Å². The summed E-state index contributed by atoms with van der Waals surface area (Å²) >= 11 is 0. The zero-order chi connectivity index (χ0) is 41.0. The van der Waals surface area contributed by atoms with E-state index in [-0.39, 0.29) is 16.2 Å². The van der Waals surface area contributed by atoms with E-state index in [1.165, 1.54) is 94.7 Å². The van der Waals surface area contributed by atoms with Gasteiger partial charge in [0, 0.05) is 33.2 Å². The standard InChI is InChI=1S/C59H51N/c1-7-59(8-2)51-31-15-10-23-43(51)48-37-40(34-35-52(48)59)60(39-21-17-20-38(36-39)41-26-18-28-46-42-22-9-13-29-49(42)58(5,6)56(41)46)54-33-16-12-24-44(54)45-27-19-32-53-55(45)47-25-11-14-30-50(47)57(53,3)4/h9-37H,7-8H2,1-6H3. The minimum Gasteiger partial charge on any atom is -0.310 e. The van der Waals surface area contributed by atoms with Crippen molar-refractivity contribution in [1.82, 2.24) is 0 Å². The molecule has 0 aromatic heterocycles. The normalized spacial score (nSPS) is 15.4. The lowest BCUT2D eigenvalue weighted by atomic mass is 9.74. The number of benzene rings is 8. The Morgan fingerprint density at radius 3 is 1.63 bits per heavy atom. The quantitative estimate of drug-likeness (QED) is 0.156. The number of nitrogens with zero attached hydrogens (tertiary/aromatic N) is 1. The van der Waals surface area contributed by atoms with Crippen LogP contribution in [0.3, 0.4) is 0 Å². The Kier molecular flexibility index (Phi) is 8.11. The second-order valence-corrected chi connectivity index (χ2v) is 18.3. The van der Waals surface area contributed by atoms with Gasteiger partial charge in [-0.2, -0.15) is 0 Å². The largest absolute Gasteiger partial charge is 0.310 e. The Balaban J connectivity index is 1.15. The molecule has 11 rings (SSSR count). The van der Waals surface area contributed by atoms with Gasteiger partial charge in [0.15, 0.2) is 0 Å². The molecule has 0 amide bonds. The van der Waals surface area contributed by atoms with Crippen LogP contribution in [0.5, 0.6) is 0 Å². The van der Waals surface area contributed by atoms with Crippen LogP contribution in [-0.4, -0.2) is 0 Å². The van der Waals surface area contributed by atoms with Gasteiger partial charge in [-0.25, -0.2) is 0 Å². The van der Waals surface area contributed by atoms with Crippen molar-refractivity contribution in [1.29, 1.82) is 0 Å². The van der Waals surface area contributed by atoms with Gasteiger partial charge in [0.2, 0.25) is 0 Å². The minimum absolute atomic E-state index is 0.00989. The highest BCUT2D eigenvalue weighted by atomic mass is 15.1. The van der Waals surface area contributed by atoms with E-state index < -0.39 is 0 Å². The molecule has 0 fully saturated rings. The third kappa shape index (κ3) is 4.99. The number of anilines is 3. The molecule has 60 heavy (non-hydrogen) atoms. The first-order chi connectivity index (χ1) is 29.2. The van der Waals surface area contributed by atoms with Gasteiger partial charge in [-0.15, -0.1) is 0 Å². The Morgan fingerprint density at radius 1 is 0.367 bits per heavy atom. The zero-order valence-electron chi connectivity index (χ0n) is 35.6. The summed E-state index contributed by atoms with van der Waals surface area (Å²) in [4.78, 5) is 2.54. The van der Waals surface area contributed by atoms with Gasteiger partial charge < -0.3 is 4.90 Å². The van der Waals surface area contributed by atoms with E-state index in [2.05, 4.69) is 222 Å². The second kappa shape index (κ2) is 13.3. The minimum atomic E-state index is -0.124. The highest BCUT2D eigenvalue weighted by Crippen LogP contribution is 2.57. The van der Waals surface area contributed by atoms with Crippen LogP contribution in [0, 0.1) is 0 Å². The van der Waals surface area contributed by atoms with Gasteiger partial charge in [0.25, 0.3) is 0 Å². The molecule has 292 valence electrons. The molecule has 8 aromatic rings. The number of para-hydroxylation sites is 1. The Hall–Kier alpha value is -6.44. The third-order valence-electron chi connectivity index (χ3n) is 14.8. The molecule has 3 aliphatic rings. The highest BCUT2D eigenvalue weighted by molar-refractivity contribution is 5.99. The van der Waals surface area contributed by atoms with Crippen LogP contribution in [0.1, 0.15) is 87.8 Å². The van der Waals surface area contributed by atoms with Crippen LogP contribution >= 0.6 is 0 Å². The average Bonchev–Trinajstić information content (AvgIpc) is 3.81. The predicted octanol–water partition coefficient (Wildman–Crippen LogP) is 16.2. The second-order valence-electron chi connectivity index (χ2n) is 18.3. The van der Waals surface area contributed by atoms with Crippen LogP contribution in [0.4, 0.5) is 17.1 Å². The monoisotopic (exact) mass is 773 g/mol. The molecule has 0 spiro atoms. The molecular weight excluding hydrogens is 723 g/mol. The Bertz CT molecular complexity index is 3030. The van der Waals surface area contributed by atoms with Gasteiger partial charge in [0.1, 0.15) is 0 Å². The summed E-state index contributed by atoms with van der Waals surface area (Å²) in [7, 11) is 0. The van der Waals surface area contributed by atoms with Crippen LogP contribution < -0.4 is 4.90 Å². The Labute approximate surface area is 356 Å². The maximum atomic E-state index is 2.54. The lowest BCUT2D eigenvalue weighted by molar-refractivity contribution is 0.490. The van der Waals surface area contributed by atoms with Crippen LogP contribution in [0.2, 0.25) is 0 Å². The molecule has 0 unspecified atom stereocenters. The van der Waals surface area contributed by atoms with Crippen molar-refractivity contribution in [2.45, 2.75) is 70.6 Å². The van der Waals surface area contributed by atoms with Crippen LogP contribution in [-0.2, 0) is 16.2 Å². The van der Waals surface area contributed by atoms with Crippen molar-refractivity contribution in [3.05, 3.63) is 209 Å². The molecule has 0 saturated heterocycles. The molecule has 3 aliphatic carbocycles. The molecule has 8 aromatic carbocycles. The van der Waals surface area contributed by atoms with E-state index >= 15 is 0 Å². The van der Waals surface area contributed by atoms with Crippen LogP contribution in [0.25, 0.3) is 55.6 Å². The molecule has 0 radical (unpaired) electrons. The van der Waals surface area contributed by atoms with Crippen molar-refractivity contribution in [3.8, 4) is 55.6 Å².